The predicted octanol–water partition coefficient (Wildman–Crippen LogP) is 2.63. The summed E-state index contributed by atoms with van der Waals surface area (Å²) in [6.07, 6.45) is 7.95. The van der Waals surface area contributed by atoms with E-state index in [1.54, 1.807) is 7.11 Å². The standard InChI is InChI=1S/C17H23NO3/c1-18-10-9-17(7-5-14(19-2)6-8-17)13-3-4-15-16(11-13)21-12-20-15/h3-5,7,11,14,18H,6,8-10,12H2,1-2H3. The SMILES string of the molecule is CNCCC1(c2ccc3c(c2)OCO3)C=CC(OC)CC1. The number of benzene rings is 1. The van der Waals surface area contributed by atoms with E-state index in [4.69, 9.17) is 14.2 Å². The summed E-state index contributed by atoms with van der Waals surface area (Å²) < 4.78 is 16.4. The highest BCUT2D eigenvalue weighted by atomic mass is 16.7. The molecule has 1 heterocycles. The molecule has 0 aromatic heterocycles. The minimum atomic E-state index is 0.0546. The zero-order chi connectivity index (χ0) is 14.7. The van der Waals surface area contributed by atoms with Crippen molar-refractivity contribution < 1.29 is 14.2 Å². The molecule has 0 saturated heterocycles. The van der Waals surface area contributed by atoms with Gasteiger partial charge in [-0.25, -0.2) is 0 Å². The zero-order valence-corrected chi connectivity index (χ0v) is 12.7. The van der Waals surface area contributed by atoms with Gasteiger partial charge in [-0.05, 0) is 50.6 Å². The van der Waals surface area contributed by atoms with Gasteiger partial charge in [0, 0.05) is 12.5 Å². The van der Waals surface area contributed by atoms with Crippen molar-refractivity contribution in [1.29, 1.82) is 0 Å². The monoisotopic (exact) mass is 289 g/mol. The molecule has 0 bridgehead atoms. The molecule has 1 aliphatic carbocycles. The molecule has 3 rings (SSSR count). The van der Waals surface area contributed by atoms with Crippen LogP contribution < -0.4 is 14.8 Å². The molecule has 4 nitrogen and oxygen atoms in total. The highest BCUT2D eigenvalue weighted by molar-refractivity contribution is 5.48. The quantitative estimate of drug-likeness (QED) is 0.846. The Balaban J connectivity index is 1.92. The zero-order valence-electron chi connectivity index (χ0n) is 12.7. The number of fused-ring (bicyclic) bond motifs is 1. The van der Waals surface area contributed by atoms with Crippen LogP contribution in [0.25, 0.3) is 0 Å². The van der Waals surface area contributed by atoms with Crippen LogP contribution >= 0.6 is 0 Å². The van der Waals surface area contributed by atoms with Gasteiger partial charge in [-0.3, -0.25) is 0 Å². The molecular formula is C17H23NO3. The first-order valence-corrected chi connectivity index (χ1v) is 7.54. The summed E-state index contributed by atoms with van der Waals surface area (Å²) in [6.45, 7) is 1.31. The fraction of sp³-hybridized carbons (Fsp3) is 0.529. The first-order valence-electron chi connectivity index (χ1n) is 7.54. The van der Waals surface area contributed by atoms with Crippen LogP contribution in [0.2, 0.25) is 0 Å². The van der Waals surface area contributed by atoms with Crippen LogP contribution in [0, 0.1) is 0 Å². The Morgan fingerprint density at radius 1 is 1.33 bits per heavy atom. The Morgan fingerprint density at radius 3 is 2.90 bits per heavy atom. The smallest absolute Gasteiger partial charge is 0.231 e. The molecule has 1 N–H and O–H groups in total. The number of rotatable bonds is 5. The van der Waals surface area contributed by atoms with Gasteiger partial charge in [0.1, 0.15) is 0 Å². The van der Waals surface area contributed by atoms with Crippen LogP contribution in [0.5, 0.6) is 11.5 Å². The Kier molecular flexibility index (Phi) is 4.17. The molecule has 0 spiro atoms. The topological polar surface area (TPSA) is 39.7 Å². The number of hydrogen-bond acceptors (Lipinski definition) is 4. The maximum Gasteiger partial charge on any atom is 0.231 e. The van der Waals surface area contributed by atoms with Crippen molar-refractivity contribution >= 4 is 0 Å². The van der Waals surface area contributed by atoms with Crippen molar-refractivity contribution in [3.05, 3.63) is 35.9 Å². The van der Waals surface area contributed by atoms with E-state index < -0.39 is 0 Å². The minimum Gasteiger partial charge on any atom is -0.454 e. The van der Waals surface area contributed by atoms with Crippen LogP contribution in [-0.2, 0) is 10.2 Å². The molecular weight excluding hydrogens is 266 g/mol. The maximum absolute atomic E-state index is 5.54. The van der Waals surface area contributed by atoms with Crippen LogP contribution in [0.4, 0.5) is 0 Å². The average Bonchev–Trinajstić information content (AvgIpc) is 3.01. The second-order valence-electron chi connectivity index (χ2n) is 5.75. The molecule has 0 saturated carbocycles. The molecule has 2 unspecified atom stereocenters. The predicted molar refractivity (Wildman–Crippen MR) is 82.0 cm³/mol. The van der Waals surface area contributed by atoms with Gasteiger partial charge in [-0.15, -0.1) is 0 Å². The minimum absolute atomic E-state index is 0.0546. The third-order valence-electron chi connectivity index (χ3n) is 4.58. The number of ether oxygens (including phenoxy) is 3. The molecule has 1 aliphatic heterocycles. The lowest BCUT2D eigenvalue weighted by atomic mass is 9.70. The average molecular weight is 289 g/mol. The van der Waals surface area contributed by atoms with E-state index in [2.05, 4.69) is 29.6 Å². The molecule has 0 amide bonds. The molecule has 0 fully saturated rings. The third kappa shape index (κ3) is 2.78. The second kappa shape index (κ2) is 6.08. The van der Waals surface area contributed by atoms with Crippen molar-refractivity contribution in [2.45, 2.75) is 30.8 Å². The van der Waals surface area contributed by atoms with Crippen LogP contribution in [0.1, 0.15) is 24.8 Å². The summed E-state index contributed by atoms with van der Waals surface area (Å²) in [6, 6.07) is 6.32. The van der Waals surface area contributed by atoms with Gasteiger partial charge in [0.25, 0.3) is 0 Å². The van der Waals surface area contributed by atoms with Gasteiger partial charge in [0.05, 0.1) is 6.10 Å². The van der Waals surface area contributed by atoms with E-state index in [0.29, 0.717) is 6.79 Å². The summed E-state index contributed by atoms with van der Waals surface area (Å²) in [5.41, 5.74) is 1.35. The van der Waals surface area contributed by atoms with Gasteiger partial charge >= 0.3 is 0 Å². The lowest BCUT2D eigenvalue weighted by molar-refractivity contribution is 0.118. The van der Waals surface area contributed by atoms with Gasteiger partial charge < -0.3 is 19.5 Å². The number of methoxy groups -OCH3 is 1. The fourth-order valence-corrected chi connectivity index (χ4v) is 3.21. The number of allylic oxidation sites excluding steroid dienone is 1. The van der Waals surface area contributed by atoms with Crippen molar-refractivity contribution in [1.82, 2.24) is 5.32 Å². The first kappa shape index (κ1) is 14.4. The lowest BCUT2D eigenvalue weighted by Crippen LogP contribution is -2.32. The Hall–Kier alpha value is -1.52. The summed E-state index contributed by atoms with van der Waals surface area (Å²) >= 11 is 0. The normalized spacial score (nSPS) is 27.0. The molecule has 4 heteroatoms. The highest BCUT2D eigenvalue weighted by Gasteiger charge is 2.33. The van der Waals surface area contributed by atoms with E-state index in [1.165, 1.54) is 5.56 Å². The highest BCUT2D eigenvalue weighted by Crippen LogP contribution is 2.42. The fourth-order valence-electron chi connectivity index (χ4n) is 3.21. The van der Waals surface area contributed by atoms with E-state index in [-0.39, 0.29) is 11.5 Å². The van der Waals surface area contributed by atoms with Gasteiger partial charge in [0.15, 0.2) is 11.5 Å². The molecule has 1 aromatic rings. The van der Waals surface area contributed by atoms with Gasteiger partial charge in [0.2, 0.25) is 6.79 Å². The largest absolute Gasteiger partial charge is 0.454 e. The van der Waals surface area contributed by atoms with Crippen molar-refractivity contribution in [2.24, 2.45) is 0 Å². The van der Waals surface area contributed by atoms with E-state index in [1.807, 2.05) is 13.1 Å². The summed E-state index contributed by atoms with van der Waals surface area (Å²) in [5.74, 6) is 1.70. The molecule has 0 radical (unpaired) electrons. The first-order chi connectivity index (χ1) is 10.3. The second-order valence-corrected chi connectivity index (χ2v) is 5.75. The van der Waals surface area contributed by atoms with E-state index >= 15 is 0 Å². The summed E-state index contributed by atoms with van der Waals surface area (Å²) in [7, 11) is 3.77. The Morgan fingerprint density at radius 2 is 2.19 bits per heavy atom. The molecule has 1 aromatic carbocycles. The lowest BCUT2D eigenvalue weighted by Gasteiger charge is -2.36. The van der Waals surface area contributed by atoms with Gasteiger partial charge in [-0.1, -0.05) is 18.2 Å². The molecule has 2 aliphatic rings. The van der Waals surface area contributed by atoms with E-state index in [9.17, 15) is 0 Å². The van der Waals surface area contributed by atoms with E-state index in [0.717, 1.165) is 37.3 Å². The molecule has 114 valence electrons. The van der Waals surface area contributed by atoms with Gasteiger partial charge in [-0.2, -0.15) is 0 Å². The summed E-state index contributed by atoms with van der Waals surface area (Å²) in [4.78, 5) is 0. The van der Waals surface area contributed by atoms with Crippen LogP contribution in [-0.4, -0.2) is 33.6 Å². The van der Waals surface area contributed by atoms with Crippen LogP contribution in [0.3, 0.4) is 0 Å². The summed E-state index contributed by atoms with van der Waals surface area (Å²) in [5, 5.41) is 3.27. The Labute approximate surface area is 126 Å². The third-order valence-corrected chi connectivity index (χ3v) is 4.58. The number of nitrogens with one attached hydrogen (secondary N) is 1. The van der Waals surface area contributed by atoms with Crippen molar-refractivity contribution in [3.63, 3.8) is 0 Å². The van der Waals surface area contributed by atoms with Crippen LogP contribution in [0.15, 0.2) is 30.4 Å². The molecule has 21 heavy (non-hydrogen) atoms. The van der Waals surface area contributed by atoms with Crippen molar-refractivity contribution in [3.8, 4) is 11.5 Å². The Bertz CT molecular complexity index is 529. The maximum atomic E-state index is 5.54. The number of hydrogen-bond donors (Lipinski definition) is 1. The van der Waals surface area contributed by atoms with Crippen molar-refractivity contribution in [2.75, 3.05) is 27.5 Å². The molecule has 2 atom stereocenters.